The molecule has 4 heterocycles. The van der Waals surface area contributed by atoms with Crippen LogP contribution in [-0.4, -0.2) is 18.3 Å². The molecule has 4 aromatic heterocycles. The molecular formula is C144H96N4. The van der Waals surface area contributed by atoms with E-state index in [1.54, 1.807) is 0 Å². The van der Waals surface area contributed by atoms with E-state index in [4.69, 9.17) is 0 Å². The Bertz CT molecular complexity index is 9910. The standard InChI is InChI=1S/2C72H48N2/c1-3-15-49(16-4-1)54-19-11-21-56(43-54)58-23-13-24-59(45-58)57-22-12-20-55(44-57)53-33-31-51(32-34-53)52-35-39-63(40-36-52)73-69-29-9-7-27-65(69)67-47-61(37-41-71(67)73)62-38-42-72-68(48-62)66-28-8-10-30-70(66)74(72)64-26-14-25-60(46-64)50-17-5-2-6-18-50;1-3-16-49(17-4-1)57-23-15-25-62(46-57)74-70-31-12-10-29-66(70)68-48-59(39-43-72(68)74)58-38-42-71-67(47-58)65-28-9-11-30-69(65)73(71)61-40-36-51(37-41-61)50-32-34-52(35-33-50)54-20-13-21-55(44-54)56-22-14-24-60(45-56)64-27-8-7-26-63(64)53-18-5-2-6-19-53/h2*1-48H. The third-order valence-corrected chi connectivity index (χ3v) is 29.9. The summed E-state index contributed by atoms with van der Waals surface area (Å²) in [6.07, 6.45) is 0. The van der Waals surface area contributed by atoms with Crippen molar-refractivity contribution in [1.29, 1.82) is 0 Å². The molecule has 0 amide bonds. The van der Waals surface area contributed by atoms with Crippen molar-refractivity contribution in [3.8, 4) is 179 Å². The van der Waals surface area contributed by atoms with E-state index in [1.165, 1.54) is 243 Å². The normalized spacial score (nSPS) is 11.5. The Kier molecular flexibility index (Phi) is 22.3. The molecule has 4 heteroatoms. The summed E-state index contributed by atoms with van der Waals surface area (Å²) in [5, 5.41) is 9.94. The van der Waals surface area contributed by atoms with E-state index in [0.717, 1.165) is 22.7 Å². The number of aromatic nitrogens is 4. The quantitative estimate of drug-likeness (QED) is 0.0816. The van der Waals surface area contributed by atoms with Crippen molar-refractivity contribution in [3.63, 3.8) is 0 Å². The number of rotatable bonds is 18. The van der Waals surface area contributed by atoms with Gasteiger partial charge in [0.05, 0.1) is 44.1 Å². The summed E-state index contributed by atoms with van der Waals surface area (Å²) >= 11 is 0. The number of hydrogen-bond acceptors (Lipinski definition) is 0. The summed E-state index contributed by atoms with van der Waals surface area (Å²) in [7, 11) is 0. The van der Waals surface area contributed by atoms with Crippen LogP contribution in [0.5, 0.6) is 0 Å². The van der Waals surface area contributed by atoms with Crippen molar-refractivity contribution in [2.24, 2.45) is 0 Å². The Balaban J connectivity index is 0.000000146. The Morgan fingerprint density at radius 2 is 0.250 bits per heavy atom. The first-order valence-corrected chi connectivity index (χ1v) is 50.9. The number of para-hydroxylation sites is 4. The van der Waals surface area contributed by atoms with E-state index >= 15 is 0 Å². The van der Waals surface area contributed by atoms with Gasteiger partial charge in [-0.1, -0.05) is 431 Å². The van der Waals surface area contributed by atoms with Gasteiger partial charge in [0.25, 0.3) is 0 Å². The van der Waals surface area contributed by atoms with Crippen LogP contribution >= 0.6 is 0 Å². The van der Waals surface area contributed by atoms with Gasteiger partial charge in [0.1, 0.15) is 0 Å². The highest BCUT2D eigenvalue weighted by atomic mass is 15.0. The molecule has 0 aliphatic carbocycles. The predicted molar refractivity (Wildman–Crippen MR) is 626 cm³/mol. The first-order chi connectivity index (χ1) is 73.3. The van der Waals surface area contributed by atoms with E-state index in [-0.39, 0.29) is 0 Å². The lowest BCUT2D eigenvalue weighted by atomic mass is 9.92. The molecule has 0 N–H and O–H groups in total. The lowest BCUT2D eigenvalue weighted by Gasteiger charge is -2.12. The number of fused-ring (bicyclic) bond motifs is 12. The molecule has 0 fully saturated rings. The fourth-order valence-corrected chi connectivity index (χ4v) is 22.6. The second-order valence-electron chi connectivity index (χ2n) is 38.6. The molecule has 28 rings (SSSR count). The van der Waals surface area contributed by atoms with E-state index in [9.17, 15) is 0 Å². The monoisotopic (exact) mass is 1880 g/mol. The van der Waals surface area contributed by atoms with Crippen LogP contribution in [0.1, 0.15) is 0 Å². The minimum absolute atomic E-state index is 1.14. The molecule has 0 radical (unpaired) electrons. The first-order valence-electron chi connectivity index (χ1n) is 50.9. The highest BCUT2D eigenvalue weighted by Gasteiger charge is 2.23. The highest BCUT2D eigenvalue weighted by molar-refractivity contribution is 6.16. The molecule has 0 aliphatic rings. The molecule has 0 atom stereocenters. The Morgan fingerprint density at radius 1 is 0.0811 bits per heavy atom. The van der Waals surface area contributed by atoms with Crippen LogP contribution in [0.15, 0.2) is 582 Å². The summed E-state index contributed by atoms with van der Waals surface area (Å²) in [5.74, 6) is 0. The molecule has 0 aliphatic heterocycles. The third kappa shape index (κ3) is 16.3. The zero-order valence-corrected chi connectivity index (χ0v) is 81.2. The van der Waals surface area contributed by atoms with E-state index in [2.05, 4.69) is 601 Å². The van der Waals surface area contributed by atoms with E-state index in [1.807, 2.05) is 0 Å². The van der Waals surface area contributed by atoms with Crippen LogP contribution in [0.2, 0.25) is 0 Å². The maximum absolute atomic E-state index is 2.41. The van der Waals surface area contributed by atoms with Crippen molar-refractivity contribution in [2.75, 3.05) is 0 Å². The van der Waals surface area contributed by atoms with Gasteiger partial charge in [-0.2, -0.15) is 0 Å². The molecule has 0 unspecified atom stereocenters. The average Bonchev–Trinajstić information content (AvgIpc) is 1.57. The Hall–Kier alpha value is -19.5. The predicted octanol–water partition coefficient (Wildman–Crippen LogP) is 39.1. The van der Waals surface area contributed by atoms with Crippen molar-refractivity contribution in [3.05, 3.63) is 582 Å². The molecule has 0 saturated carbocycles. The fourth-order valence-electron chi connectivity index (χ4n) is 22.6. The van der Waals surface area contributed by atoms with Gasteiger partial charge in [0.2, 0.25) is 0 Å². The summed E-state index contributed by atoms with van der Waals surface area (Å²) in [6, 6.07) is 213. The molecular weight excluding hydrogens is 1790 g/mol. The molecule has 0 saturated heterocycles. The Morgan fingerprint density at radius 3 is 0.541 bits per heavy atom. The lowest BCUT2D eigenvalue weighted by molar-refractivity contribution is 1.18. The van der Waals surface area contributed by atoms with Crippen LogP contribution < -0.4 is 0 Å². The summed E-state index contributed by atoms with van der Waals surface area (Å²) in [5.41, 5.74) is 47.9. The van der Waals surface area contributed by atoms with Gasteiger partial charge in [0.15, 0.2) is 0 Å². The number of nitrogens with zero attached hydrogens (tertiary/aromatic N) is 4. The molecule has 28 aromatic rings. The Labute approximate surface area is 860 Å². The van der Waals surface area contributed by atoms with Crippen LogP contribution in [0.4, 0.5) is 0 Å². The average molecular weight is 1880 g/mol. The van der Waals surface area contributed by atoms with E-state index < -0.39 is 0 Å². The summed E-state index contributed by atoms with van der Waals surface area (Å²) in [4.78, 5) is 0. The van der Waals surface area contributed by atoms with Crippen molar-refractivity contribution < 1.29 is 0 Å². The van der Waals surface area contributed by atoms with Gasteiger partial charge in [0, 0.05) is 65.8 Å². The van der Waals surface area contributed by atoms with Gasteiger partial charge < -0.3 is 18.3 Å². The summed E-state index contributed by atoms with van der Waals surface area (Å²) < 4.78 is 9.64. The highest BCUT2D eigenvalue weighted by Crippen LogP contribution is 2.46. The topological polar surface area (TPSA) is 19.7 Å². The van der Waals surface area contributed by atoms with Crippen LogP contribution in [0.25, 0.3) is 266 Å². The van der Waals surface area contributed by atoms with Crippen molar-refractivity contribution in [2.45, 2.75) is 0 Å². The van der Waals surface area contributed by atoms with Crippen LogP contribution in [0.3, 0.4) is 0 Å². The van der Waals surface area contributed by atoms with E-state index in [0.29, 0.717) is 0 Å². The van der Waals surface area contributed by atoms with Crippen LogP contribution in [-0.2, 0) is 0 Å². The first kappa shape index (κ1) is 87.5. The number of hydrogen-bond donors (Lipinski definition) is 0. The van der Waals surface area contributed by atoms with Crippen LogP contribution in [0, 0.1) is 0 Å². The molecule has 692 valence electrons. The minimum atomic E-state index is 1.14. The van der Waals surface area contributed by atoms with Gasteiger partial charge in [-0.3, -0.25) is 0 Å². The molecule has 0 bridgehead atoms. The fraction of sp³-hybridized carbons (Fsp3) is 0. The molecule has 4 nitrogen and oxygen atoms in total. The zero-order chi connectivity index (χ0) is 97.9. The molecule has 148 heavy (non-hydrogen) atoms. The number of benzene rings is 24. The second-order valence-corrected chi connectivity index (χ2v) is 38.6. The smallest absolute Gasteiger partial charge is 0.0541 e. The third-order valence-electron chi connectivity index (χ3n) is 29.9. The van der Waals surface area contributed by atoms with Crippen molar-refractivity contribution in [1.82, 2.24) is 18.3 Å². The van der Waals surface area contributed by atoms with Gasteiger partial charge >= 0.3 is 0 Å². The van der Waals surface area contributed by atoms with Gasteiger partial charge in [-0.25, -0.2) is 0 Å². The summed E-state index contributed by atoms with van der Waals surface area (Å²) in [6.45, 7) is 0. The SMILES string of the molecule is c1ccc(-c2cccc(-c3cccc(-c4cccc(-c5ccc(-c6ccc(-n7c8ccccc8c8cc(-c9ccc%10c(c9)c9ccccc9n%10-c9cccc(-c%10ccccc%10)c9)ccc87)cc6)cc5)c4)c3)c2)cc1.c1ccc(-c2cccc(-n3c4ccccc4c4cc(-c5ccc6c(c5)c5ccccc5n6-c5ccc(-c6ccc(-c7cccc(-c8cccc(-c9ccccc9-c9ccccc9)c8)c7)cc6)cc5)ccc43)c2)cc1. The zero-order valence-electron chi connectivity index (χ0n) is 81.2. The minimum Gasteiger partial charge on any atom is -0.309 e. The van der Waals surface area contributed by atoms with Gasteiger partial charge in [-0.05, 0) is 307 Å². The maximum atomic E-state index is 2.41. The second kappa shape index (κ2) is 37.7. The van der Waals surface area contributed by atoms with Gasteiger partial charge in [-0.15, -0.1) is 0 Å². The molecule has 24 aromatic carbocycles. The maximum Gasteiger partial charge on any atom is 0.0541 e. The lowest BCUT2D eigenvalue weighted by Crippen LogP contribution is -1.94. The molecule has 0 spiro atoms. The van der Waals surface area contributed by atoms with Crippen molar-refractivity contribution >= 4 is 87.2 Å². The largest absolute Gasteiger partial charge is 0.309 e.